The lowest BCUT2D eigenvalue weighted by molar-refractivity contribution is -0.140. The van der Waals surface area contributed by atoms with E-state index in [0.717, 1.165) is 25.9 Å². The first kappa shape index (κ1) is 13.1. The normalized spacial score (nSPS) is 18.9. The summed E-state index contributed by atoms with van der Waals surface area (Å²) in [7, 11) is 4.13. The van der Waals surface area contributed by atoms with Crippen LogP contribution in [0, 0.1) is 0 Å². The van der Waals surface area contributed by atoms with Gasteiger partial charge in [-0.05, 0) is 26.9 Å². The highest BCUT2D eigenvalue weighted by Gasteiger charge is 2.22. The van der Waals surface area contributed by atoms with Crippen LogP contribution >= 0.6 is 0 Å². The van der Waals surface area contributed by atoms with Crippen molar-refractivity contribution in [1.29, 1.82) is 0 Å². The van der Waals surface area contributed by atoms with Gasteiger partial charge in [-0.15, -0.1) is 0 Å². The summed E-state index contributed by atoms with van der Waals surface area (Å²) in [5.41, 5.74) is 0. The van der Waals surface area contributed by atoms with E-state index < -0.39 is 5.97 Å². The molecule has 0 aromatic rings. The highest BCUT2D eigenvalue weighted by atomic mass is 16.4. The third-order valence-corrected chi connectivity index (χ3v) is 3.04. The zero-order chi connectivity index (χ0) is 12.1. The molecule has 0 unspecified atom stereocenters. The summed E-state index contributed by atoms with van der Waals surface area (Å²) in [6, 6.07) is 0.589. The van der Waals surface area contributed by atoms with Crippen LogP contribution in [0.5, 0.6) is 0 Å². The third kappa shape index (κ3) is 4.28. The smallest absolute Gasteiger partial charge is 0.310 e. The number of ketones is 1. The Labute approximate surface area is 96.0 Å². The van der Waals surface area contributed by atoms with Gasteiger partial charge in [0.2, 0.25) is 0 Å². The van der Waals surface area contributed by atoms with Crippen molar-refractivity contribution in [2.24, 2.45) is 0 Å². The molecule has 0 aromatic carbocycles. The van der Waals surface area contributed by atoms with E-state index in [1.54, 1.807) is 0 Å². The van der Waals surface area contributed by atoms with Crippen LogP contribution in [0.2, 0.25) is 0 Å². The van der Waals surface area contributed by atoms with Crippen molar-refractivity contribution in [1.82, 2.24) is 9.80 Å². The number of carboxylic acid groups (broad SMARTS) is 1. The summed E-state index contributed by atoms with van der Waals surface area (Å²) < 4.78 is 0. The standard InChI is InChI=1S/C11H20N2O3/c1-12(2)9-3-5-13(6-4-9)8-10(14)7-11(15)16/h9H,3-8H2,1-2H3,(H,15,16). The molecule has 16 heavy (non-hydrogen) atoms. The van der Waals surface area contributed by atoms with Crippen molar-refractivity contribution >= 4 is 11.8 Å². The molecule has 0 amide bonds. The van der Waals surface area contributed by atoms with Crippen LogP contribution in [-0.2, 0) is 9.59 Å². The maximum Gasteiger partial charge on any atom is 0.310 e. The number of Topliss-reactive ketones (excluding diaryl/α,β-unsaturated/α-hetero) is 1. The highest BCUT2D eigenvalue weighted by Crippen LogP contribution is 2.13. The summed E-state index contributed by atoms with van der Waals surface area (Å²) >= 11 is 0. The fourth-order valence-corrected chi connectivity index (χ4v) is 2.07. The van der Waals surface area contributed by atoms with E-state index in [4.69, 9.17) is 5.11 Å². The van der Waals surface area contributed by atoms with Gasteiger partial charge in [0.25, 0.3) is 0 Å². The molecule has 1 aliphatic rings. The van der Waals surface area contributed by atoms with Crippen LogP contribution in [0.4, 0.5) is 0 Å². The van der Waals surface area contributed by atoms with E-state index in [9.17, 15) is 9.59 Å². The summed E-state index contributed by atoms with van der Waals surface area (Å²) in [5, 5.41) is 8.48. The lowest BCUT2D eigenvalue weighted by Gasteiger charge is -2.34. The molecule has 1 heterocycles. The number of nitrogens with zero attached hydrogens (tertiary/aromatic N) is 2. The van der Waals surface area contributed by atoms with E-state index in [2.05, 4.69) is 19.0 Å². The van der Waals surface area contributed by atoms with Crippen LogP contribution < -0.4 is 0 Å². The summed E-state index contributed by atoms with van der Waals surface area (Å²) in [4.78, 5) is 25.9. The minimum Gasteiger partial charge on any atom is -0.481 e. The van der Waals surface area contributed by atoms with Gasteiger partial charge in [-0.1, -0.05) is 0 Å². The monoisotopic (exact) mass is 228 g/mol. The van der Waals surface area contributed by atoms with Crippen molar-refractivity contribution in [3.63, 3.8) is 0 Å². The predicted molar refractivity (Wildman–Crippen MR) is 60.4 cm³/mol. The molecule has 1 rings (SSSR count). The first-order valence-electron chi connectivity index (χ1n) is 5.61. The van der Waals surface area contributed by atoms with E-state index in [1.165, 1.54) is 0 Å². The molecule has 0 atom stereocenters. The van der Waals surface area contributed by atoms with Crippen LogP contribution in [0.15, 0.2) is 0 Å². The molecule has 0 bridgehead atoms. The van der Waals surface area contributed by atoms with Crippen LogP contribution in [-0.4, -0.2) is 66.4 Å². The minimum absolute atomic E-state index is 0.198. The van der Waals surface area contributed by atoms with Gasteiger partial charge in [-0.25, -0.2) is 0 Å². The number of piperidine rings is 1. The number of carbonyl (C=O) groups excluding carboxylic acids is 1. The van der Waals surface area contributed by atoms with Gasteiger partial charge in [0.1, 0.15) is 6.42 Å². The number of hydrogen-bond donors (Lipinski definition) is 1. The second kappa shape index (κ2) is 5.96. The Hall–Kier alpha value is -0.940. The van der Waals surface area contributed by atoms with Gasteiger partial charge in [0, 0.05) is 19.1 Å². The lowest BCUT2D eigenvalue weighted by atomic mass is 10.0. The lowest BCUT2D eigenvalue weighted by Crippen LogP contribution is -2.43. The summed E-state index contributed by atoms with van der Waals surface area (Å²) in [6.07, 6.45) is 1.74. The van der Waals surface area contributed by atoms with Crippen molar-refractivity contribution in [2.75, 3.05) is 33.7 Å². The molecule has 0 spiro atoms. The molecule has 1 N–H and O–H groups in total. The zero-order valence-electron chi connectivity index (χ0n) is 9.98. The van der Waals surface area contributed by atoms with Crippen molar-refractivity contribution < 1.29 is 14.7 Å². The Balaban J connectivity index is 2.26. The van der Waals surface area contributed by atoms with Gasteiger partial charge in [-0.3, -0.25) is 14.5 Å². The Bertz CT molecular complexity index is 258. The SMILES string of the molecule is CN(C)C1CCN(CC(=O)CC(=O)O)CC1. The number of likely N-dealkylation sites (tertiary alicyclic amines) is 1. The fraction of sp³-hybridized carbons (Fsp3) is 0.818. The topological polar surface area (TPSA) is 60.9 Å². The molecule has 0 radical (unpaired) electrons. The van der Waals surface area contributed by atoms with Gasteiger partial charge >= 0.3 is 5.97 Å². The molecular formula is C11H20N2O3. The van der Waals surface area contributed by atoms with Gasteiger partial charge < -0.3 is 10.0 Å². The van der Waals surface area contributed by atoms with Crippen molar-refractivity contribution in [2.45, 2.75) is 25.3 Å². The molecular weight excluding hydrogens is 208 g/mol. The molecule has 5 nitrogen and oxygen atoms in total. The van der Waals surface area contributed by atoms with Crippen LogP contribution in [0.25, 0.3) is 0 Å². The molecule has 1 aliphatic heterocycles. The Morgan fingerprint density at radius 3 is 2.31 bits per heavy atom. The first-order valence-corrected chi connectivity index (χ1v) is 5.61. The van der Waals surface area contributed by atoms with Gasteiger partial charge in [0.15, 0.2) is 5.78 Å². The van der Waals surface area contributed by atoms with Crippen LogP contribution in [0.3, 0.4) is 0 Å². The van der Waals surface area contributed by atoms with Crippen molar-refractivity contribution in [3.05, 3.63) is 0 Å². The second-order valence-electron chi connectivity index (χ2n) is 4.58. The Kier molecular flexibility index (Phi) is 4.89. The van der Waals surface area contributed by atoms with E-state index >= 15 is 0 Å². The molecule has 5 heteroatoms. The molecule has 0 aliphatic carbocycles. The van der Waals surface area contributed by atoms with Crippen LogP contribution in [0.1, 0.15) is 19.3 Å². The molecule has 1 fully saturated rings. The maximum absolute atomic E-state index is 11.3. The average Bonchev–Trinajstić information content (AvgIpc) is 2.16. The molecule has 0 saturated carbocycles. The second-order valence-corrected chi connectivity index (χ2v) is 4.58. The largest absolute Gasteiger partial charge is 0.481 e. The summed E-state index contributed by atoms with van der Waals surface area (Å²) in [6.45, 7) is 2.05. The maximum atomic E-state index is 11.3. The van der Waals surface area contributed by atoms with E-state index in [-0.39, 0.29) is 18.7 Å². The predicted octanol–water partition coefficient (Wildman–Crippen LogP) is 0.0562. The molecule has 1 saturated heterocycles. The van der Waals surface area contributed by atoms with E-state index in [1.807, 2.05) is 4.90 Å². The van der Waals surface area contributed by atoms with E-state index in [0.29, 0.717) is 6.04 Å². The Morgan fingerprint density at radius 1 is 1.31 bits per heavy atom. The number of hydrogen-bond acceptors (Lipinski definition) is 4. The van der Waals surface area contributed by atoms with Crippen molar-refractivity contribution in [3.8, 4) is 0 Å². The number of rotatable bonds is 5. The zero-order valence-corrected chi connectivity index (χ0v) is 9.98. The highest BCUT2D eigenvalue weighted by molar-refractivity contribution is 5.95. The molecule has 92 valence electrons. The Morgan fingerprint density at radius 2 is 1.88 bits per heavy atom. The number of carboxylic acids is 1. The summed E-state index contributed by atoms with van der Waals surface area (Å²) in [5.74, 6) is -1.23. The number of aliphatic carboxylic acids is 1. The fourth-order valence-electron chi connectivity index (χ4n) is 2.07. The van der Waals surface area contributed by atoms with Gasteiger partial charge in [-0.2, -0.15) is 0 Å². The average molecular weight is 228 g/mol. The molecule has 0 aromatic heterocycles. The van der Waals surface area contributed by atoms with Gasteiger partial charge in [0.05, 0.1) is 6.54 Å². The number of carbonyl (C=O) groups is 2. The quantitative estimate of drug-likeness (QED) is 0.674. The third-order valence-electron chi connectivity index (χ3n) is 3.04. The first-order chi connectivity index (χ1) is 7.49. The minimum atomic E-state index is -1.03.